The molecule has 9 nitrogen and oxygen atoms in total. The molecule has 4 aliphatic heterocycles. The predicted octanol–water partition coefficient (Wildman–Crippen LogP) is 1.64. The highest BCUT2D eigenvalue weighted by atomic mass is 16.7. The Morgan fingerprint density at radius 2 is 2.14 bits per heavy atom. The number of nitrogens with one attached hydrogen (secondary N) is 1. The Hall–Kier alpha value is -3.33. The summed E-state index contributed by atoms with van der Waals surface area (Å²) in [6.45, 7) is 2.23. The van der Waals surface area contributed by atoms with E-state index in [9.17, 15) is 9.59 Å². The number of aryl methyl sites for hydroxylation is 1. The van der Waals surface area contributed by atoms with E-state index in [0.717, 1.165) is 0 Å². The zero-order chi connectivity index (χ0) is 19.8. The Labute approximate surface area is 165 Å². The maximum Gasteiger partial charge on any atom is 0.235 e. The van der Waals surface area contributed by atoms with Crippen LogP contribution >= 0.6 is 0 Å². The Morgan fingerprint density at radius 1 is 1.28 bits per heavy atom. The van der Waals surface area contributed by atoms with E-state index in [1.54, 1.807) is 31.2 Å². The quantitative estimate of drug-likeness (QED) is 0.788. The molecule has 29 heavy (non-hydrogen) atoms. The summed E-state index contributed by atoms with van der Waals surface area (Å²) in [6.07, 6.45) is 3.34. The van der Waals surface area contributed by atoms with E-state index in [2.05, 4.69) is 10.5 Å². The highest BCUT2D eigenvalue weighted by molar-refractivity contribution is 6.05. The lowest BCUT2D eigenvalue weighted by Gasteiger charge is -2.23. The molecule has 0 aliphatic carbocycles. The number of carbonyl (C=O) groups is 2. The normalized spacial score (nSPS) is 30.9. The first-order valence-electron chi connectivity index (χ1n) is 9.36. The highest BCUT2D eigenvalue weighted by Crippen LogP contribution is 2.52. The van der Waals surface area contributed by atoms with Crippen LogP contribution in [0.2, 0.25) is 0 Å². The number of ether oxygens (including phenoxy) is 3. The molecule has 4 atom stereocenters. The Bertz CT molecular complexity index is 1080. The van der Waals surface area contributed by atoms with Crippen molar-refractivity contribution in [2.45, 2.75) is 18.6 Å². The molecule has 1 N–H and O–H groups in total. The van der Waals surface area contributed by atoms with Gasteiger partial charge in [-0.2, -0.15) is 0 Å². The summed E-state index contributed by atoms with van der Waals surface area (Å²) < 4.78 is 21.9. The number of hydrogen-bond donors (Lipinski definition) is 1. The van der Waals surface area contributed by atoms with Gasteiger partial charge < -0.3 is 24.1 Å². The van der Waals surface area contributed by atoms with Crippen molar-refractivity contribution < 1.29 is 28.3 Å². The molecule has 2 amide bonds. The number of hydrogen-bond acceptors (Lipinski definition) is 7. The molecule has 4 aliphatic rings. The minimum atomic E-state index is -0.814. The largest absolute Gasteiger partial charge is 0.454 e. The number of carbonyl (C=O) groups excluding carboxylic acids is 2. The molecular formula is C20H17N3O6. The van der Waals surface area contributed by atoms with Crippen molar-refractivity contribution in [1.29, 1.82) is 0 Å². The van der Waals surface area contributed by atoms with Gasteiger partial charge >= 0.3 is 0 Å². The van der Waals surface area contributed by atoms with E-state index in [4.69, 9.17) is 18.7 Å². The first kappa shape index (κ1) is 16.6. The van der Waals surface area contributed by atoms with Crippen LogP contribution < -0.4 is 19.7 Å². The van der Waals surface area contributed by atoms with E-state index in [1.165, 1.54) is 4.90 Å². The van der Waals surface area contributed by atoms with Crippen LogP contribution in [0.4, 0.5) is 11.5 Å². The van der Waals surface area contributed by atoms with E-state index < -0.39 is 23.5 Å². The van der Waals surface area contributed by atoms with Crippen LogP contribution in [-0.4, -0.2) is 42.0 Å². The SMILES string of the molecule is Cc1cc(N2C[C@]34C=C[C@@H](O3)[C@H](C(=O)Nc3ccc5c(c3)OCO5)[C@@H]4C2=O)no1. The number of rotatable bonds is 3. The van der Waals surface area contributed by atoms with Crippen LogP contribution in [-0.2, 0) is 14.3 Å². The summed E-state index contributed by atoms with van der Waals surface area (Å²) in [5, 5.41) is 6.84. The smallest absolute Gasteiger partial charge is 0.235 e. The summed E-state index contributed by atoms with van der Waals surface area (Å²) in [6, 6.07) is 6.90. The number of amides is 2. The van der Waals surface area contributed by atoms with Crippen LogP contribution in [0.1, 0.15) is 5.76 Å². The van der Waals surface area contributed by atoms with Crippen molar-refractivity contribution in [2.24, 2.45) is 11.8 Å². The second-order valence-corrected chi connectivity index (χ2v) is 7.68. The van der Waals surface area contributed by atoms with Crippen LogP contribution in [0.3, 0.4) is 0 Å². The zero-order valence-corrected chi connectivity index (χ0v) is 15.5. The van der Waals surface area contributed by atoms with Crippen molar-refractivity contribution in [3.8, 4) is 11.5 Å². The maximum atomic E-state index is 13.2. The zero-order valence-electron chi connectivity index (χ0n) is 15.5. The lowest BCUT2D eigenvalue weighted by molar-refractivity contribution is -0.128. The topological polar surface area (TPSA) is 103 Å². The van der Waals surface area contributed by atoms with Crippen molar-refractivity contribution in [2.75, 3.05) is 23.6 Å². The van der Waals surface area contributed by atoms with E-state index >= 15 is 0 Å². The molecule has 5 heterocycles. The average Bonchev–Trinajstić information content (AvgIpc) is 3.49. The summed E-state index contributed by atoms with van der Waals surface area (Å²) in [5.74, 6) is 0.574. The standard InChI is InChI=1S/C20H17N3O6/c1-10-6-15(22-29-10)23-8-20-5-4-13(28-20)16(17(20)19(23)25)18(24)21-11-2-3-12-14(7-11)27-9-26-12/h2-7,13,16-17H,8-9H2,1H3,(H,21,24)/t13-,16+,17-,20+/m1/s1. The van der Waals surface area contributed by atoms with Gasteiger partial charge in [-0.05, 0) is 19.1 Å². The third-order valence-corrected chi connectivity index (χ3v) is 5.94. The van der Waals surface area contributed by atoms with Gasteiger partial charge in [0.2, 0.25) is 18.6 Å². The van der Waals surface area contributed by atoms with Gasteiger partial charge in [0.05, 0.1) is 24.5 Å². The molecule has 2 bridgehead atoms. The van der Waals surface area contributed by atoms with Crippen molar-refractivity contribution in [3.05, 3.63) is 42.2 Å². The average molecular weight is 395 g/mol. The molecule has 9 heteroatoms. The van der Waals surface area contributed by atoms with Gasteiger partial charge in [0.15, 0.2) is 17.3 Å². The lowest BCUT2D eigenvalue weighted by atomic mass is 9.77. The maximum absolute atomic E-state index is 13.2. The van der Waals surface area contributed by atoms with Crippen molar-refractivity contribution in [1.82, 2.24) is 5.16 Å². The number of aromatic nitrogens is 1. The van der Waals surface area contributed by atoms with Crippen molar-refractivity contribution >= 4 is 23.3 Å². The van der Waals surface area contributed by atoms with Crippen LogP contribution in [0.5, 0.6) is 11.5 Å². The molecule has 1 spiro atoms. The Morgan fingerprint density at radius 3 is 2.97 bits per heavy atom. The van der Waals surface area contributed by atoms with Crippen LogP contribution in [0, 0.1) is 18.8 Å². The number of benzene rings is 1. The van der Waals surface area contributed by atoms with Crippen LogP contribution in [0.25, 0.3) is 0 Å². The molecular weight excluding hydrogens is 378 g/mol. The van der Waals surface area contributed by atoms with Gasteiger partial charge in [0, 0.05) is 17.8 Å². The summed E-state index contributed by atoms with van der Waals surface area (Å²) >= 11 is 0. The van der Waals surface area contributed by atoms with Gasteiger partial charge in [-0.25, -0.2) is 0 Å². The molecule has 148 valence electrons. The Balaban J connectivity index is 1.28. The fourth-order valence-electron chi connectivity index (χ4n) is 4.67. The first-order chi connectivity index (χ1) is 14.0. The monoisotopic (exact) mass is 395 g/mol. The Kier molecular flexibility index (Phi) is 3.21. The van der Waals surface area contributed by atoms with Gasteiger partial charge in [-0.3, -0.25) is 14.5 Å². The number of nitrogens with zero attached hydrogens (tertiary/aromatic N) is 2. The molecule has 2 saturated heterocycles. The summed E-state index contributed by atoms with van der Waals surface area (Å²) in [7, 11) is 0. The van der Waals surface area contributed by atoms with E-state index in [-0.39, 0.29) is 18.6 Å². The second-order valence-electron chi connectivity index (χ2n) is 7.68. The van der Waals surface area contributed by atoms with E-state index in [0.29, 0.717) is 35.3 Å². The molecule has 2 aromatic rings. The molecule has 0 radical (unpaired) electrons. The van der Waals surface area contributed by atoms with Crippen molar-refractivity contribution in [3.63, 3.8) is 0 Å². The molecule has 0 saturated carbocycles. The van der Waals surface area contributed by atoms with Gasteiger partial charge in [-0.15, -0.1) is 0 Å². The van der Waals surface area contributed by atoms with Gasteiger partial charge in [0.1, 0.15) is 11.4 Å². The predicted molar refractivity (Wildman–Crippen MR) is 98.5 cm³/mol. The van der Waals surface area contributed by atoms with Crippen LogP contribution in [0.15, 0.2) is 40.9 Å². The summed E-state index contributed by atoms with van der Waals surface area (Å²) in [4.78, 5) is 27.9. The van der Waals surface area contributed by atoms with Gasteiger partial charge in [-0.1, -0.05) is 17.3 Å². The number of anilines is 2. The highest BCUT2D eigenvalue weighted by Gasteiger charge is 2.67. The lowest BCUT2D eigenvalue weighted by Crippen LogP contribution is -2.41. The third kappa shape index (κ3) is 2.27. The number of fused-ring (bicyclic) bond motifs is 2. The first-order valence-corrected chi connectivity index (χ1v) is 9.36. The minimum Gasteiger partial charge on any atom is -0.454 e. The summed E-state index contributed by atoms with van der Waals surface area (Å²) in [5.41, 5.74) is -0.236. The molecule has 1 aromatic heterocycles. The molecule has 6 rings (SSSR count). The van der Waals surface area contributed by atoms with Gasteiger partial charge in [0.25, 0.3) is 0 Å². The molecule has 1 aromatic carbocycles. The van der Waals surface area contributed by atoms with E-state index in [1.807, 2.05) is 12.2 Å². The molecule has 2 fully saturated rings. The second kappa shape index (κ2) is 5.60. The fourth-order valence-corrected chi connectivity index (χ4v) is 4.67. The third-order valence-electron chi connectivity index (χ3n) is 5.94. The fraction of sp³-hybridized carbons (Fsp3) is 0.350. The minimum absolute atomic E-state index is 0.159. The molecule has 0 unspecified atom stereocenters.